The van der Waals surface area contributed by atoms with Gasteiger partial charge in [0.05, 0.1) is 20.5 Å². The molecule has 0 saturated carbocycles. The van der Waals surface area contributed by atoms with Gasteiger partial charge in [0.1, 0.15) is 6.54 Å². The molecule has 2 atom stereocenters. The maximum Gasteiger partial charge on any atom is 0.326 e. The number of Topliss-reactive ketones (excluding diaryl/α,β-unsaturated/α-hetero) is 1. The van der Waals surface area contributed by atoms with Crippen molar-refractivity contribution in [1.82, 2.24) is 4.90 Å². The second-order valence-electron chi connectivity index (χ2n) is 10.1. The molecule has 0 aromatic heterocycles. The molecule has 0 spiro atoms. The quantitative estimate of drug-likeness (QED) is 0.172. The van der Waals surface area contributed by atoms with E-state index >= 15 is 0 Å². The SMILES string of the molecule is Cc1ccc(C)c(C(=O)COC(=O)CN2C(=O)C3C(C2=O)C2(Br)c4ccccc4C3(Br)c3ccccc32)c1. The van der Waals surface area contributed by atoms with Crippen LogP contribution >= 0.6 is 31.9 Å². The third kappa shape index (κ3) is 3.29. The van der Waals surface area contributed by atoms with Crippen LogP contribution in [0.25, 0.3) is 0 Å². The van der Waals surface area contributed by atoms with Crippen LogP contribution in [0.5, 0.6) is 0 Å². The summed E-state index contributed by atoms with van der Waals surface area (Å²) in [5.41, 5.74) is 5.86. The van der Waals surface area contributed by atoms with Gasteiger partial charge in [0.2, 0.25) is 17.6 Å². The molecule has 1 heterocycles. The molecule has 38 heavy (non-hydrogen) atoms. The van der Waals surface area contributed by atoms with Crippen LogP contribution in [0.3, 0.4) is 0 Å². The van der Waals surface area contributed by atoms with Gasteiger partial charge in [-0.1, -0.05) is 98.1 Å². The topological polar surface area (TPSA) is 80.8 Å². The predicted octanol–water partition coefficient (Wildman–Crippen LogP) is 4.93. The molecule has 7 rings (SSSR count). The maximum absolute atomic E-state index is 13.9. The molecular formula is C30H23Br2NO5. The summed E-state index contributed by atoms with van der Waals surface area (Å²) in [5, 5.41) is 0. The fraction of sp³-hybridized carbons (Fsp3) is 0.267. The van der Waals surface area contributed by atoms with Gasteiger partial charge in [-0.05, 0) is 47.7 Å². The molecular weight excluding hydrogens is 614 g/mol. The van der Waals surface area contributed by atoms with Gasteiger partial charge in [-0.25, -0.2) is 0 Å². The molecule has 2 amide bonds. The molecule has 1 fully saturated rings. The van der Waals surface area contributed by atoms with Crippen molar-refractivity contribution >= 4 is 55.4 Å². The van der Waals surface area contributed by atoms with Crippen molar-refractivity contribution in [2.75, 3.05) is 13.2 Å². The van der Waals surface area contributed by atoms with E-state index in [4.69, 9.17) is 4.74 Å². The van der Waals surface area contributed by atoms with E-state index in [1.54, 1.807) is 6.07 Å². The molecule has 1 saturated heterocycles. The Labute approximate surface area is 236 Å². The molecule has 0 radical (unpaired) electrons. The Bertz CT molecular complexity index is 1440. The van der Waals surface area contributed by atoms with Gasteiger partial charge in [-0.2, -0.15) is 0 Å². The number of likely N-dealkylation sites (tertiary alicyclic amines) is 1. The van der Waals surface area contributed by atoms with Crippen LogP contribution in [0, 0.1) is 25.7 Å². The van der Waals surface area contributed by atoms with Crippen LogP contribution in [0.15, 0.2) is 66.7 Å². The van der Waals surface area contributed by atoms with E-state index in [1.807, 2.05) is 74.5 Å². The van der Waals surface area contributed by atoms with Crippen molar-refractivity contribution in [2.45, 2.75) is 22.5 Å². The number of hydrogen-bond acceptors (Lipinski definition) is 5. The second kappa shape index (κ2) is 8.71. The Morgan fingerprint density at radius 3 is 1.76 bits per heavy atom. The number of esters is 1. The van der Waals surface area contributed by atoms with Crippen molar-refractivity contribution in [2.24, 2.45) is 11.8 Å². The zero-order valence-corrected chi connectivity index (χ0v) is 23.8. The minimum absolute atomic E-state index is 0.338. The number of nitrogens with zero attached hydrogens (tertiary/aromatic N) is 1. The first-order valence-corrected chi connectivity index (χ1v) is 13.9. The highest BCUT2D eigenvalue weighted by Gasteiger charge is 2.72. The largest absolute Gasteiger partial charge is 0.456 e. The predicted molar refractivity (Wildman–Crippen MR) is 147 cm³/mol. The first kappa shape index (κ1) is 25.2. The highest BCUT2D eigenvalue weighted by Crippen LogP contribution is 2.70. The number of ketones is 1. The number of aryl methyl sites for hydroxylation is 2. The zero-order valence-electron chi connectivity index (χ0n) is 20.7. The third-order valence-electron chi connectivity index (χ3n) is 8.02. The molecule has 3 aliphatic carbocycles. The van der Waals surface area contributed by atoms with Crippen molar-refractivity contribution in [3.63, 3.8) is 0 Å². The molecule has 0 N–H and O–H groups in total. The Hall–Kier alpha value is -3.10. The van der Waals surface area contributed by atoms with Crippen molar-refractivity contribution in [3.8, 4) is 0 Å². The first-order valence-electron chi connectivity index (χ1n) is 12.3. The summed E-state index contributed by atoms with van der Waals surface area (Å²) in [4.78, 5) is 54.2. The number of amides is 2. The average molecular weight is 637 g/mol. The van der Waals surface area contributed by atoms with Gasteiger partial charge in [-0.3, -0.25) is 24.1 Å². The third-order valence-corrected chi connectivity index (χ3v) is 10.7. The Morgan fingerprint density at radius 2 is 1.29 bits per heavy atom. The van der Waals surface area contributed by atoms with Crippen LogP contribution in [0.4, 0.5) is 0 Å². The molecule has 4 aliphatic rings. The summed E-state index contributed by atoms with van der Waals surface area (Å²) in [6.07, 6.45) is 0. The average Bonchev–Trinajstić information content (AvgIpc) is 3.17. The lowest BCUT2D eigenvalue weighted by molar-refractivity contribution is -0.152. The number of ether oxygens (including phenoxy) is 1. The van der Waals surface area contributed by atoms with Gasteiger partial charge in [-0.15, -0.1) is 0 Å². The highest BCUT2D eigenvalue weighted by molar-refractivity contribution is 9.10. The van der Waals surface area contributed by atoms with Crippen LogP contribution in [0.2, 0.25) is 0 Å². The molecule has 2 bridgehead atoms. The maximum atomic E-state index is 13.9. The van der Waals surface area contributed by atoms with Gasteiger partial charge < -0.3 is 4.74 Å². The van der Waals surface area contributed by atoms with E-state index in [0.29, 0.717) is 5.56 Å². The molecule has 3 aromatic rings. The van der Waals surface area contributed by atoms with E-state index in [0.717, 1.165) is 38.3 Å². The number of carbonyl (C=O) groups is 4. The van der Waals surface area contributed by atoms with E-state index in [9.17, 15) is 19.2 Å². The number of rotatable bonds is 5. The Morgan fingerprint density at radius 1 is 0.816 bits per heavy atom. The van der Waals surface area contributed by atoms with E-state index in [-0.39, 0.29) is 5.78 Å². The number of hydrogen-bond donors (Lipinski definition) is 0. The van der Waals surface area contributed by atoms with Crippen LogP contribution in [-0.4, -0.2) is 41.6 Å². The Kier molecular flexibility index (Phi) is 5.78. The van der Waals surface area contributed by atoms with Crippen molar-refractivity contribution in [1.29, 1.82) is 0 Å². The van der Waals surface area contributed by atoms with Gasteiger partial charge in [0, 0.05) is 5.56 Å². The molecule has 3 aromatic carbocycles. The minimum atomic E-state index is -0.926. The van der Waals surface area contributed by atoms with Gasteiger partial charge >= 0.3 is 5.97 Å². The zero-order chi connectivity index (χ0) is 27.0. The van der Waals surface area contributed by atoms with Crippen LogP contribution in [0.1, 0.15) is 43.7 Å². The molecule has 8 heteroatoms. The first-order chi connectivity index (χ1) is 18.1. The smallest absolute Gasteiger partial charge is 0.326 e. The molecule has 6 nitrogen and oxygen atoms in total. The van der Waals surface area contributed by atoms with Crippen molar-refractivity contribution in [3.05, 3.63) is 106 Å². The monoisotopic (exact) mass is 635 g/mol. The Balaban J connectivity index is 1.29. The summed E-state index contributed by atoms with van der Waals surface area (Å²) in [5.74, 6) is -3.55. The number of carbonyl (C=O) groups excluding carboxylic acids is 4. The number of halogens is 2. The van der Waals surface area contributed by atoms with Crippen LogP contribution in [-0.2, 0) is 27.8 Å². The van der Waals surface area contributed by atoms with Gasteiger partial charge in [0.25, 0.3) is 0 Å². The summed E-state index contributed by atoms with van der Waals surface area (Å²) in [6.45, 7) is 2.68. The number of alkyl halides is 2. The van der Waals surface area contributed by atoms with E-state index in [1.165, 1.54) is 0 Å². The van der Waals surface area contributed by atoms with E-state index < -0.39 is 51.4 Å². The minimum Gasteiger partial charge on any atom is -0.456 e. The molecule has 2 unspecified atom stereocenters. The summed E-state index contributed by atoms with van der Waals surface area (Å²) in [7, 11) is 0. The second-order valence-corrected chi connectivity index (χ2v) is 12.6. The number of benzene rings is 3. The lowest BCUT2D eigenvalue weighted by Gasteiger charge is -2.55. The summed E-state index contributed by atoms with van der Waals surface area (Å²) in [6, 6.07) is 21.0. The van der Waals surface area contributed by atoms with Crippen molar-refractivity contribution < 1.29 is 23.9 Å². The lowest BCUT2D eigenvalue weighted by Crippen LogP contribution is -2.56. The fourth-order valence-corrected chi connectivity index (χ4v) is 8.62. The normalized spacial score (nSPS) is 26.6. The van der Waals surface area contributed by atoms with E-state index in [2.05, 4.69) is 31.9 Å². The lowest BCUT2D eigenvalue weighted by atomic mass is 9.54. The molecule has 1 aliphatic heterocycles. The molecule has 192 valence electrons. The highest BCUT2D eigenvalue weighted by atomic mass is 79.9. The number of imide groups is 1. The summed E-state index contributed by atoms with van der Waals surface area (Å²) >= 11 is 7.86. The van der Waals surface area contributed by atoms with Crippen LogP contribution < -0.4 is 0 Å². The standard InChI is InChI=1S/C30H23Br2NO5/c1-16-11-12-17(2)18(13-16)23(34)15-38-24(35)14-33-27(36)25-26(28(33)37)30(32)20-8-4-3-7-19(20)29(25,31)21-9-5-6-10-22(21)30/h3-13,25-26H,14-15H2,1-2H3. The van der Waals surface area contributed by atoms with Gasteiger partial charge in [0.15, 0.2) is 6.61 Å². The fourth-order valence-electron chi connectivity index (χ4n) is 6.32. The summed E-state index contributed by atoms with van der Waals surface area (Å²) < 4.78 is 3.40.